The second kappa shape index (κ2) is 28.4. The zero-order valence-electron chi connectivity index (χ0n) is 50.7. The number of nitrogens with one attached hydrogen (secondary N) is 2. The number of aliphatic hydroxyl groups excluding tert-OH is 1. The van der Waals surface area contributed by atoms with Gasteiger partial charge in [-0.2, -0.15) is 0 Å². The topological polar surface area (TPSA) is 277 Å². The van der Waals surface area contributed by atoms with Gasteiger partial charge in [-0.1, -0.05) is 121 Å². The van der Waals surface area contributed by atoms with Crippen LogP contribution in [0.25, 0.3) is 0 Å². The Morgan fingerprint density at radius 1 is 0.626 bits per heavy atom. The van der Waals surface area contributed by atoms with Crippen LogP contribution in [-0.2, 0) is 48.6 Å². The molecule has 2 saturated heterocycles. The van der Waals surface area contributed by atoms with E-state index in [0.29, 0.717) is 67.8 Å². The monoisotopic (exact) mass is 1300 g/mol. The van der Waals surface area contributed by atoms with Gasteiger partial charge in [0.15, 0.2) is 11.4 Å². The van der Waals surface area contributed by atoms with Crippen LogP contribution in [0.5, 0.6) is 23.0 Å². The van der Waals surface area contributed by atoms with E-state index in [0.717, 1.165) is 20.9 Å². The van der Waals surface area contributed by atoms with Crippen molar-refractivity contribution in [3.05, 3.63) is 256 Å². The van der Waals surface area contributed by atoms with Gasteiger partial charge in [-0.3, -0.25) is 42.5 Å². The van der Waals surface area contributed by atoms with Crippen molar-refractivity contribution in [1.29, 1.82) is 0 Å². The number of rotatable bonds is 26. The lowest BCUT2D eigenvalue weighted by Crippen LogP contribution is -2.46. The summed E-state index contributed by atoms with van der Waals surface area (Å²) in [5.74, 6) is -0.682. The lowest BCUT2D eigenvalue weighted by molar-refractivity contribution is -0.211. The van der Waals surface area contributed by atoms with Crippen molar-refractivity contribution in [2.24, 2.45) is 0 Å². The van der Waals surface area contributed by atoms with E-state index in [2.05, 4.69) is 9.97 Å². The summed E-state index contributed by atoms with van der Waals surface area (Å²) in [6.07, 6.45) is -8.03. The number of ether oxygens (including phenoxy) is 8. The maximum absolute atomic E-state index is 16.2. The van der Waals surface area contributed by atoms with Crippen LogP contribution in [0, 0.1) is 13.8 Å². The summed E-state index contributed by atoms with van der Waals surface area (Å²) in [6, 6.07) is 47.1. The van der Waals surface area contributed by atoms with Gasteiger partial charge < -0.3 is 48.1 Å². The number of aliphatic hydroxyl groups is 2. The summed E-state index contributed by atoms with van der Waals surface area (Å²) in [6.45, 7) is -1.37. The minimum absolute atomic E-state index is 0.0534. The van der Waals surface area contributed by atoms with Gasteiger partial charge in [0, 0.05) is 48.4 Å². The Bertz CT molecular complexity index is 4000. The average Bonchev–Trinajstić information content (AvgIpc) is 1.69. The molecule has 478 valence electrons. The summed E-state index contributed by atoms with van der Waals surface area (Å²) in [5, 5.41) is 26.1. The molecule has 0 aliphatic carbocycles. The Hall–Kier alpha value is -7.84. The van der Waals surface area contributed by atoms with Gasteiger partial charge >= 0.3 is 18.2 Å². The van der Waals surface area contributed by atoms with Crippen molar-refractivity contribution in [3.8, 4) is 23.0 Å². The summed E-state index contributed by atoms with van der Waals surface area (Å²) >= 11 is 1.46. The molecule has 25 heteroatoms. The van der Waals surface area contributed by atoms with Crippen LogP contribution in [-0.4, -0.2) is 111 Å². The number of thioether (sulfide) groups is 1. The molecular formula is C66H69N4O18PS2. The predicted octanol–water partition coefficient (Wildman–Crippen LogP) is 8.86. The third-order valence-corrected chi connectivity index (χ3v) is 20.6. The zero-order valence-corrected chi connectivity index (χ0v) is 53.3. The molecule has 8 atom stereocenters. The van der Waals surface area contributed by atoms with Gasteiger partial charge in [-0.25, -0.2) is 14.2 Å². The van der Waals surface area contributed by atoms with Crippen molar-refractivity contribution in [1.82, 2.24) is 19.1 Å². The SMILES string of the molecule is COc1ccc(C(OC[C@H]2O[C@@H](n3cc(C)c(=O)[nH]c3=O)C[C@@]2(O)OP(=O)(OC(O)[C@H]2O[C@@H](n3cc(C)c(=O)[nH]c3=O)C[C@@H]2OC(c2ccccc2)(c2ccc(OC)cc2)c2ccc(OC)cc2)SCCSC(C)=O)(c2ccccc2)c2ccc(OC)cc2)cc1. The molecule has 0 amide bonds. The third kappa shape index (κ3) is 14.1. The molecular weight excluding hydrogens is 1230 g/mol. The Kier molecular flexibility index (Phi) is 20.6. The first-order chi connectivity index (χ1) is 43.7. The first-order valence-corrected chi connectivity index (χ1v) is 33.0. The highest BCUT2D eigenvalue weighted by Crippen LogP contribution is 2.66. The summed E-state index contributed by atoms with van der Waals surface area (Å²) in [7, 11) is 6.15. The Morgan fingerprint density at radius 3 is 1.48 bits per heavy atom. The number of methoxy groups -OCH3 is 4. The molecule has 0 spiro atoms. The number of H-pyrrole nitrogens is 2. The lowest BCUT2D eigenvalue weighted by Gasteiger charge is -2.40. The molecule has 2 unspecified atom stereocenters. The minimum Gasteiger partial charge on any atom is -0.497 e. The van der Waals surface area contributed by atoms with Crippen LogP contribution in [0.2, 0.25) is 0 Å². The number of aryl methyl sites for hydroxylation is 2. The molecule has 91 heavy (non-hydrogen) atoms. The molecule has 6 aromatic carbocycles. The van der Waals surface area contributed by atoms with Crippen LogP contribution in [0.1, 0.15) is 76.7 Å². The Balaban J connectivity index is 1.09. The van der Waals surface area contributed by atoms with Crippen molar-refractivity contribution >= 4 is 35.1 Å². The molecule has 22 nitrogen and oxygen atoms in total. The molecule has 0 radical (unpaired) electrons. The average molecular weight is 1300 g/mol. The first-order valence-electron chi connectivity index (χ1n) is 28.9. The highest BCUT2D eigenvalue weighted by Gasteiger charge is 2.57. The van der Waals surface area contributed by atoms with Crippen LogP contribution >= 0.6 is 29.9 Å². The Labute approximate surface area is 531 Å². The third-order valence-electron chi connectivity index (χ3n) is 15.9. The van der Waals surface area contributed by atoms with Crippen molar-refractivity contribution in [2.75, 3.05) is 46.6 Å². The number of hydrogen-bond acceptors (Lipinski definition) is 20. The van der Waals surface area contributed by atoms with Gasteiger partial charge in [0.1, 0.15) is 58.9 Å². The van der Waals surface area contributed by atoms with E-state index in [-0.39, 0.29) is 34.2 Å². The largest absolute Gasteiger partial charge is 0.497 e. The summed E-state index contributed by atoms with van der Waals surface area (Å²) in [4.78, 5) is 70.1. The fraction of sp³-hybridized carbons (Fsp3) is 0.318. The zero-order chi connectivity index (χ0) is 64.7. The van der Waals surface area contributed by atoms with Crippen LogP contribution in [0.3, 0.4) is 0 Å². The smallest absolute Gasteiger partial charge is 0.394 e. The van der Waals surface area contributed by atoms with Gasteiger partial charge in [0.05, 0.1) is 47.6 Å². The van der Waals surface area contributed by atoms with Crippen molar-refractivity contribution in [2.45, 2.75) is 87.7 Å². The van der Waals surface area contributed by atoms with Gasteiger partial charge in [0.25, 0.3) is 11.1 Å². The van der Waals surface area contributed by atoms with Gasteiger partial charge in [-0.05, 0) is 107 Å². The van der Waals surface area contributed by atoms with Crippen LogP contribution in [0.4, 0.5) is 0 Å². The van der Waals surface area contributed by atoms with E-state index in [1.807, 2.05) is 109 Å². The standard InChI is InChI=1S/C66H69N4O18PS2/c1-41-38-69(62(75)67-59(41)72)56-36-54(86-66(45-16-12-9-13-17-45,48-22-30-52(81-6)31-23-48)49-24-32-53(82-7)33-25-49)58(85-56)61(74)87-89(78,91-35-34-90-43(3)71)88-64(77)37-57(70-39-42(2)60(73)68-63(70)76)84-55(64)40-83-65(44-14-10-8-11-15-44,46-18-26-50(79-4)27-19-46)47-20-28-51(80-5)29-21-47/h8-33,38-39,54-58,61,74,77H,34-37,40H2,1-7H3,(H,67,72,75)(H,68,73,76)/t54-,55+,56+,57+,58-,61?,64+,89?/m0/s1. The van der Waals surface area contributed by atoms with E-state index in [9.17, 15) is 34.2 Å². The number of carbonyl (C=O) groups excluding carboxylic acids is 1. The van der Waals surface area contributed by atoms with Gasteiger partial charge in [-0.15, -0.1) is 0 Å². The molecule has 0 saturated carbocycles. The fourth-order valence-electron chi connectivity index (χ4n) is 11.3. The minimum atomic E-state index is -5.13. The highest BCUT2D eigenvalue weighted by atomic mass is 32.7. The molecule has 2 aromatic heterocycles. The fourth-order valence-corrected chi connectivity index (χ4v) is 15.9. The molecule has 2 aliphatic rings. The van der Waals surface area contributed by atoms with E-state index < -0.39 is 96.4 Å². The lowest BCUT2D eigenvalue weighted by atomic mass is 9.79. The summed E-state index contributed by atoms with van der Waals surface area (Å²) in [5.41, 5.74) is -2.36. The maximum atomic E-state index is 16.2. The number of aromatic nitrogens is 4. The molecule has 4 heterocycles. The molecule has 8 aromatic rings. The van der Waals surface area contributed by atoms with E-state index >= 15 is 4.57 Å². The summed E-state index contributed by atoms with van der Waals surface area (Å²) < 4.78 is 81.6. The van der Waals surface area contributed by atoms with Crippen molar-refractivity contribution in [3.63, 3.8) is 0 Å². The number of nitrogens with zero attached hydrogens (tertiary/aromatic N) is 2. The van der Waals surface area contributed by atoms with Crippen LogP contribution < -0.4 is 41.4 Å². The molecule has 0 bridgehead atoms. The highest BCUT2D eigenvalue weighted by molar-refractivity contribution is 8.55. The number of benzene rings is 6. The van der Waals surface area contributed by atoms with E-state index in [1.165, 1.54) is 61.6 Å². The van der Waals surface area contributed by atoms with Gasteiger partial charge in [0.2, 0.25) is 5.79 Å². The van der Waals surface area contributed by atoms with Crippen molar-refractivity contribution < 1.29 is 66.5 Å². The number of aromatic amines is 2. The quantitative estimate of drug-likeness (QED) is 0.0170. The molecule has 4 N–H and O–H groups in total. The number of carbonyl (C=O) groups is 1. The first kappa shape index (κ1) is 66.1. The number of hydrogen-bond donors (Lipinski definition) is 4. The maximum Gasteiger partial charge on any atom is 0.394 e. The van der Waals surface area contributed by atoms with Crippen LogP contribution in [0.15, 0.2) is 189 Å². The predicted molar refractivity (Wildman–Crippen MR) is 341 cm³/mol. The Morgan fingerprint density at radius 2 is 1.04 bits per heavy atom. The second-order valence-corrected chi connectivity index (χ2v) is 26.9. The normalized spacial score (nSPS) is 20.2. The van der Waals surface area contributed by atoms with E-state index in [4.69, 9.17) is 46.9 Å². The molecule has 2 aliphatic heterocycles. The molecule has 2 fully saturated rings. The van der Waals surface area contributed by atoms with E-state index in [1.54, 1.807) is 48.5 Å². The molecule has 10 rings (SSSR count). The second-order valence-electron chi connectivity index (χ2n) is 21.6.